The number of para-hydroxylation sites is 1. The molecule has 0 amide bonds. The van der Waals surface area contributed by atoms with E-state index in [0.29, 0.717) is 6.04 Å². The fourth-order valence-electron chi connectivity index (χ4n) is 4.00. The Balaban J connectivity index is 1.66. The molecule has 126 valence electrons. The second-order valence-corrected chi connectivity index (χ2v) is 6.75. The first kappa shape index (κ1) is 15.4. The standard InChI is InChI=1S/C19H25N5/c1-2-16-10-5-6-12-23(16)19-21-18(14-20-22-19)24-13-7-9-15-8-3-4-11-17(15)24/h3-4,8,11,14,16H,2,5-7,9-10,12-13H2,1H3. The highest BCUT2D eigenvalue weighted by atomic mass is 15.4. The summed E-state index contributed by atoms with van der Waals surface area (Å²) in [5, 5.41) is 8.63. The minimum Gasteiger partial charge on any atom is -0.336 e. The molecule has 24 heavy (non-hydrogen) atoms. The molecule has 1 unspecified atom stereocenters. The van der Waals surface area contributed by atoms with Crippen molar-refractivity contribution in [3.05, 3.63) is 36.0 Å². The van der Waals surface area contributed by atoms with E-state index in [0.717, 1.165) is 44.1 Å². The molecule has 3 heterocycles. The molecule has 1 aromatic carbocycles. The topological polar surface area (TPSA) is 45.2 Å². The Morgan fingerprint density at radius 3 is 2.96 bits per heavy atom. The van der Waals surface area contributed by atoms with Crippen molar-refractivity contribution in [1.29, 1.82) is 0 Å². The minimum absolute atomic E-state index is 0.546. The van der Waals surface area contributed by atoms with E-state index < -0.39 is 0 Å². The van der Waals surface area contributed by atoms with E-state index in [9.17, 15) is 0 Å². The van der Waals surface area contributed by atoms with E-state index in [2.05, 4.69) is 51.2 Å². The predicted molar refractivity (Wildman–Crippen MR) is 96.9 cm³/mol. The number of hydrogen-bond acceptors (Lipinski definition) is 5. The molecule has 1 fully saturated rings. The molecule has 0 radical (unpaired) electrons. The molecule has 1 atom stereocenters. The first-order valence-corrected chi connectivity index (χ1v) is 9.18. The molecular formula is C19H25N5. The van der Waals surface area contributed by atoms with Crippen LogP contribution in [0.4, 0.5) is 17.5 Å². The molecule has 0 aliphatic carbocycles. The Labute approximate surface area is 143 Å². The fraction of sp³-hybridized carbons (Fsp3) is 0.526. The number of aromatic nitrogens is 3. The maximum Gasteiger partial charge on any atom is 0.247 e. The Kier molecular flexibility index (Phi) is 4.32. The summed E-state index contributed by atoms with van der Waals surface area (Å²) in [4.78, 5) is 9.55. The van der Waals surface area contributed by atoms with E-state index in [1.807, 2.05) is 0 Å². The molecule has 2 aromatic rings. The zero-order valence-corrected chi connectivity index (χ0v) is 14.4. The summed E-state index contributed by atoms with van der Waals surface area (Å²) in [5.74, 6) is 1.72. The van der Waals surface area contributed by atoms with Crippen LogP contribution in [0.2, 0.25) is 0 Å². The highest BCUT2D eigenvalue weighted by molar-refractivity contribution is 5.65. The van der Waals surface area contributed by atoms with Gasteiger partial charge in [0.25, 0.3) is 0 Å². The van der Waals surface area contributed by atoms with Gasteiger partial charge in [-0.25, -0.2) is 0 Å². The predicted octanol–water partition coefficient (Wildman–Crippen LogP) is 3.72. The van der Waals surface area contributed by atoms with Crippen molar-refractivity contribution in [2.45, 2.75) is 51.5 Å². The van der Waals surface area contributed by atoms with Gasteiger partial charge < -0.3 is 9.80 Å². The van der Waals surface area contributed by atoms with Gasteiger partial charge in [0.05, 0.1) is 6.20 Å². The fourth-order valence-corrected chi connectivity index (χ4v) is 4.00. The van der Waals surface area contributed by atoms with Crippen LogP contribution in [0.5, 0.6) is 0 Å². The summed E-state index contributed by atoms with van der Waals surface area (Å²) < 4.78 is 0. The summed E-state index contributed by atoms with van der Waals surface area (Å²) in [5.41, 5.74) is 2.66. The maximum absolute atomic E-state index is 4.90. The Morgan fingerprint density at radius 1 is 1.12 bits per heavy atom. The summed E-state index contributed by atoms with van der Waals surface area (Å²) in [6.07, 6.45) is 8.99. The Morgan fingerprint density at radius 2 is 2.04 bits per heavy atom. The zero-order chi connectivity index (χ0) is 16.4. The van der Waals surface area contributed by atoms with Gasteiger partial charge in [-0.2, -0.15) is 10.1 Å². The van der Waals surface area contributed by atoms with Crippen LogP contribution < -0.4 is 9.80 Å². The van der Waals surface area contributed by atoms with Crippen LogP contribution in [0.15, 0.2) is 30.5 Å². The van der Waals surface area contributed by atoms with Gasteiger partial charge in [-0.05, 0) is 50.2 Å². The molecule has 0 saturated carbocycles. The van der Waals surface area contributed by atoms with Crippen LogP contribution in [0.1, 0.15) is 44.6 Å². The second kappa shape index (κ2) is 6.75. The first-order valence-electron chi connectivity index (χ1n) is 9.18. The van der Waals surface area contributed by atoms with E-state index in [1.54, 1.807) is 6.20 Å². The quantitative estimate of drug-likeness (QED) is 0.861. The van der Waals surface area contributed by atoms with Gasteiger partial charge in [0.1, 0.15) is 0 Å². The lowest BCUT2D eigenvalue weighted by molar-refractivity contribution is 0.441. The van der Waals surface area contributed by atoms with Crippen LogP contribution >= 0.6 is 0 Å². The van der Waals surface area contributed by atoms with Crippen LogP contribution in [-0.2, 0) is 6.42 Å². The molecule has 5 heteroatoms. The molecule has 5 nitrogen and oxygen atoms in total. The van der Waals surface area contributed by atoms with Gasteiger partial charge in [0, 0.05) is 24.8 Å². The Bertz CT molecular complexity index is 702. The number of nitrogens with zero attached hydrogens (tertiary/aromatic N) is 5. The van der Waals surface area contributed by atoms with Crippen LogP contribution in [-0.4, -0.2) is 34.3 Å². The third kappa shape index (κ3) is 2.83. The highest BCUT2D eigenvalue weighted by Crippen LogP contribution is 2.33. The molecular weight excluding hydrogens is 298 g/mol. The van der Waals surface area contributed by atoms with Gasteiger partial charge in [-0.15, -0.1) is 5.10 Å². The van der Waals surface area contributed by atoms with Crippen molar-refractivity contribution in [3.8, 4) is 0 Å². The zero-order valence-electron chi connectivity index (χ0n) is 14.4. The summed E-state index contributed by atoms with van der Waals surface area (Å²) >= 11 is 0. The highest BCUT2D eigenvalue weighted by Gasteiger charge is 2.25. The number of benzene rings is 1. The van der Waals surface area contributed by atoms with Crippen LogP contribution in [0.3, 0.4) is 0 Å². The molecule has 0 spiro atoms. The van der Waals surface area contributed by atoms with Crippen molar-refractivity contribution in [2.24, 2.45) is 0 Å². The van der Waals surface area contributed by atoms with Crippen molar-refractivity contribution >= 4 is 17.5 Å². The molecule has 1 saturated heterocycles. The average molecular weight is 323 g/mol. The summed E-state index contributed by atoms with van der Waals surface area (Å²) in [7, 11) is 0. The van der Waals surface area contributed by atoms with Crippen molar-refractivity contribution in [2.75, 3.05) is 22.9 Å². The van der Waals surface area contributed by atoms with Gasteiger partial charge in [0.15, 0.2) is 5.82 Å². The third-order valence-corrected chi connectivity index (χ3v) is 5.28. The van der Waals surface area contributed by atoms with Crippen LogP contribution in [0.25, 0.3) is 0 Å². The van der Waals surface area contributed by atoms with E-state index >= 15 is 0 Å². The minimum atomic E-state index is 0.546. The lowest BCUT2D eigenvalue weighted by atomic mass is 10.0. The molecule has 1 aromatic heterocycles. The van der Waals surface area contributed by atoms with Crippen molar-refractivity contribution < 1.29 is 0 Å². The van der Waals surface area contributed by atoms with E-state index in [1.165, 1.54) is 30.5 Å². The van der Waals surface area contributed by atoms with Gasteiger partial charge in [0.2, 0.25) is 5.95 Å². The van der Waals surface area contributed by atoms with E-state index in [4.69, 9.17) is 4.98 Å². The number of aryl methyl sites for hydroxylation is 1. The molecule has 2 aliphatic rings. The number of rotatable bonds is 3. The normalized spacial score (nSPS) is 20.8. The molecule has 2 aliphatic heterocycles. The number of fused-ring (bicyclic) bond motifs is 1. The number of hydrogen-bond donors (Lipinski definition) is 0. The van der Waals surface area contributed by atoms with Crippen molar-refractivity contribution in [3.63, 3.8) is 0 Å². The number of anilines is 3. The SMILES string of the molecule is CCC1CCCCN1c1nncc(N2CCCc3ccccc32)n1. The lowest BCUT2D eigenvalue weighted by Gasteiger charge is -2.36. The summed E-state index contributed by atoms with van der Waals surface area (Å²) in [6.45, 7) is 4.29. The largest absolute Gasteiger partial charge is 0.336 e. The maximum atomic E-state index is 4.90. The second-order valence-electron chi connectivity index (χ2n) is 6.75. The molecule has 0 N–H and O–H groups in total. The number of piperidine rings is 1. The van der Waals surface area contributed by atoms with Crippen LogP contribution in [0, 0.1) is 0 Å². The lowest BCUT2D eigenvalue weighted by Crippen LogP contribution is -2.40. The smallest absolute Gasteiger partial charge is 0.247 e. The molecule has 0 bridgehead atoms. The monoisotopic (exact) mass is 323 g/mol. The Hall–Kier alpha value is -2.17. The van der Waals surface area contributed by atoms with Gasteiger partial charge in [-0.3, -0.25) is 0 Å². The first-order chi connectivity index (χ1) is 11.9. The van der Waals surface area contributed by atoms with E-state index in [-0.39, 0.29) is 0 Å². The van der Waals surface area contributed by atoms with Crippen molar-refractivity contribution in [1.82, 2.24) is 15.2 Å². The van der Waals surface area contributed by atoms with Gasteiger partial charge in [-0.1, -0.05) is 25.1 Å². The average Bonchev–Trinajstić information content (AvgIpc) is 2.67. The molecule has 4 rings (SSSR count). The third-order valence-electron chi connectivity index (χ3n) is 5.28. The van der Waals surface area contributed by atoms with Gasteiger partial charge >= 0.3 is 0 Å². The summed E-state index contributed by atoms with van der Waals surface area (Å²) in [6, 6.07) is 9.17.